The molecule has 14 heteroatoms. The molecule has 0 radical (unpaired) electrons. The van der Waals surface area contributed by atoms with E-state index in [-0.39, 0.29) is 42.5 Å². The van der Waals surface area contributed by atoms with Crippen LogP contribution in [-0.2, 0) is 24.0 Å². The van der Waals surface area contributed by atoms with Crippen molar-refractivity contribution in [1.29, 1.82) is 0 Å². The van der Waals surface area contributed by atoms with Crippen LogP contribution in [0.15, 0.2) is 24.3 Å². The molecule has 1 aromatic rings. The summed E-state index contributed by atoms with van der Waals surface area (Å²) in [6.45, 7) is 0.211. The third kappa shape index (κ3) is 6.99. The van der Waals surface area contributed by atoms with Gasteiger partial charge < -0.3 is 25.6 Å². The lowest BCUT2D eigenvalue weighted by Crippen LogP contribution is -2.55. The minimum Gasteiger partial charge on any atom is -0.484 e. The molecule has 11 nitrogen and oxygen atoms in total. The third-order valence-corrected chi connectivity index (χ3v) is 8.67. The van der Waals surface area contributed by atoms with E-state index in [2.05, 4.69) is 16.0 Å². The number of rotatable bonds is 11. The van der Waals surface area contributed by atoms with E-state index in [0.717, 1.165) is 49.9 Å². The van der Waals surface area contributed by atoms with Crippen molar-refractivity contribution in [1.82, 2.24) is 20.9 Å². The summed E-state index contributed by atoms with van der Waals surface area (Å²) < 4.78 is 43.5. The number of Topliss-reactive ketones (excluding diaryl/α,β-unsaturated/α-hetero) is 2. The van der Waals surface area contributed by atoms with Crippen molar-refractivity contribution in [3.8, 4) is 5.75 Å². The Kier molecular flexibility index (Phi) is 8.74. The largest absolute Gasteiger partial charge is 0.484 e. The monoisotopic (exact) mass is 606 g/mol. The highest BCUT2D eigenvalue weighted by atomic mass is 19.4. The second-order valence-electron chi connectivity index (χ2n) is 11.7. The SMILES string of the molecule is O=C(NC1CC1)C(=O)[C@H](C[C@@H]1CCNC1=O)NC(=O)[C@@H]1[C@H]2CCC[C@H]2CN1C(=O)COc1ccc(C(=O)C(F)(F)F)cc1. The highest BCUT2D eigenvalue weighted by molar-refractivity contribution is 6.38. The molecule has 4 aliphatic rings. The Morgan fingerprint density at radius 2 is 1.74 bits per heavy atom. The number of hydrogen-bond acceptors (Lipinski definition) is 7. The summed E-state index contributed by atoms with van der Waals surface area (Å²) >= 11 is 0. The van der Waals surface area contributed by atoms with Crippen molar-refractivity contribution in [2.75, 3.05) is 19.7 Å². The number of carbonyl (C=O) groups is 6. The molecule has 2 saturated heterocycles. The predicted molar refractivity (Wildman–Crippen MR) is 142 cm³/mol. The first kappa shape index (κ1) is 30.5. The lowest BCUT2D eigenvalue weighted by molar-refractivity contribution is -0.143. The molecular weight excluding hydrogens is 573 g/mol. The van der Waals surface area contributed by atoms with Gasteiger partial charge in [0.1, 0.15) is 11.8 Å². The molecule has 4 fully saturated rings. The zero-order chi connectivity index (χ0) is 30.9. The van der Waals surface area contributed by atoms with Crippen molar-refractivity contribution >= 4 is 35.2 Å². The van der Waals surface area contributed by atoms with E-state index in [1.165, 1.54) is 4.90 Å². The summed E-state index contributed by atoms with van der Waals surface area (Å²) in [6.07, 6.45) is -0.702. The molecule has 5 rings (SSSR count). The van der Waals surface area contributed by atoms with Crippen LogP contribution in [0.3, 0.4) is 0 Å². The van der Waals surface area contributed by atoms with Crippen LogP contribution in [0.1, 0.15) is 55.3 Å². The first-order chi connectivity index (χ1) is 20.4. The molecule has 5 atom stereocenters. The Morgan fingerprint density at radius 1 is 1.02 bits per heavy atom. The number of halogens is 3. The van der Waals surface area contributed by atoms with Crippen LogP contribution in [0.4, 0.5) is 13.2 Å². The molecule has 4 amide bonds. The Morgan fingerprint density at radius 3 is 2.37 bits per heavy atom. The number of fused-ring (bicyclic) bond motifs is 1. The Labute approximate surface area is 245 Å². The standard InChI is InChI=1S/C29H33F3N4O7/c30-29(31,32)25(39)15-4-8-19(9-5-15)43-14-22(37)36-13-17-2-1-3-20(17)23(36)27(41)35-21(12-16-10-11-33-26(16)40)24(38)28(42)34-18-6-7-18/h4-5,8-9,16-18,20-21,23H,1-3,6-7,10-14H2,(H,33,40)(H,34,42)(H,35,41)/t16-,17-,20-,21-,23-/m0/s1. The summed E-state index contributed by atoms with van der Waals surface area (Å²) in [5.74, 6) is -5.62. The molecule has 2 heterocycles. The number of amides is 4. The van der Waals surface area contributed by atoms with Gasteiger partial charge in [-0.3, -0.25) is 28.8 Å². The van der Waals surface area contributed by atoms with E-state index in [0.29, 0.717) is 19.4 Å². The number of benzene rings is 1. The van der Waals surface area contributed by atoms with Gasteiger partial charge in [-0.15, -0.1) is 0 Å². The molecule has 43 heavy (non-hydrogen) atoms. The number of nitrogens with zero attached hydrogens (tertiary/aromatic N) is 1. The fourth-order valence-electron chi connectivity index (χ4n) is 6.28. The van der Waals surface area contributed by atoms with Gasteiger partial charge in [-0.1, -0.05) is 6.42 Å². The summed E-state index contributed by atoms with van der Waals surface area (Å²) in [5.41, 5.74) is -0.569. The van der Waals surface area contributed by atoms with Gasteiger partial charge in [-0.2, -0.15) is 13.2 Å². The highest BCUT2D eigenvalue weighted by Crippen LogP contribution is 2.42. The lowest BCUT2D eigenvalue weighted by atomic mass is 9.91. The van der Waals surface area contributed by atoms with Gasteiger partial charge >= 0.3 is 6.18 Å². The van der Waals surface area contributed by atoms with Crippen molar-refractivity contribution in [2.24, 2.45) is 17.8 Å². The predicted octanol–water partition coefficient (Wildman–Crippen LogP) is 1.30. The molecule has 1 aromatic carbocycles. The highest BCUT2D eigenvalue weighted by Gasteiger charge is 2.50. The van der Waals surface area contributed by atoms with Crippen molar-refractivity contribution in [3.05, 3.63) is 29.8 Å². The number of carbonyl (C=O) groups excluding carboxylic acids is 6. The zero-order valence-corrected chi connectivity index (χ0v) is 23.3. The first-order valence-corrected chi connectivity index (χ1v) is 14.5. The summed E-state index contributed by atoms with van der Waals surface area (Å²) in [4.78, 5) is 77.8. The van der Waals surface area contributed by atoms with Gasteiger partial charge in [-0.05, 0) is 74.6 Å². The maximum Gasteiger partial charge on any atom is 0.454 e. The summed E-state index contributed by atoms with van der Waals surface area (Å²) in [6, 6.07) is 1.96. The van der Waals surface area contributed by atoms with Gasteiger partial charge in [0.15, 0.2) is 6.61 Å². The Bertz CT molecular complexity index is 1300. The molecule has 2 aliphatic carbocycles. The lowest BCUT2D eigenvalue weighted by Gasteiger charge is -2.29. The van der Waals surface area contributed by atoms with Gasteiger partial charge in [0.05, 0.1) is 6.04 Å². The zero-order valence-electron chi connectivity index (χ0n) is 23.3. The maximum atomic E-state index is 13.7. The van der Waals surface area contributed by atoms with Gasteiger partial charge in [0, 0.05) is 30.6 Å². The number of alkyl halides is 3. The van der Waals surface area contributed by atoms with Crippen molar-refractivity contribution in [2.45, 2.75) is 69.2 Å². The van der Waals surface area contributed by atoms with Gasteiger partial charge in [-0.25, -0.2) is 0 Å². The summed E-state index contributed by atoms with van der Waals surface area (Å²) in [7, 11) is 0. The van der Waals surface area contributed by atoms with Crippen molar-refractivity contribution in [3.63, 3.8) is 0 Å². The minimum absolute atomic E-state index is 0.0425. The van der Waals surface area contributed by atoms with Crippen molar-refractivity contribution < 1.29 is 46.7 Å². The van der Waals surface area contributed by atoms with E-state index < -0.39 is 65.6 Å². The van der Waals surface area contributed by atoms with E-state index in [4.69, 9.17) is 4.74 Å². The number of ether oxygens (including phenoxy) is 1. The van der Waals surface area contributed by atoms with E-state index >= 15 is 0 Å². The third-order valence-electron chi connectivity index (χ3n) is 8.67. The van der Waals surface area contributed by atoms with Gasteiger partial charge in [0.2, 0.25) is 17.6 Å². The fourth-order valence-corrected chi connectivity index (χ4v) is 6.28. The fraction of sp³-hybridized carbons (Fsp3) is 0.586. The number of ketones is 2. The van der Waals surface area contributed by atoms with Crippen LogP contribution in [-0.4, -0.2) is 84.1 Å². The second kappa shape index (κ2) is 12.3. The minimum atomic E-state index is -5.02. The molecule has 232 valence electrons. The molecule has 0 spiro atoms. The molecule has 0 unspecified atom stereocenters. The number of nitrogens with one attached hydrogen (secondary N) is 3. The van der Waals surface area contributed by atoms with Crippen LogP contribution < -0.4 is 20.7 Å². The number of hydrogen-bond donors (Lipinski definition) is 3. The normalized spacial score (nSPS) is 25.5. The maximum absolute atomic E-state index is 13.7. The topological polar surface area (TPSA) is 151 Å². The molecule has 2 saturated carbocycles. The molecule has 3 N–H and O–H groups in total. The molecular formula is C29H33F3N4O7. The van der Waals surface area contributed by atoms with Gasteiger partial charge in [0.25, 0.3) is 17.6 Å². The first-order valence-electron chi connectivity index (χ1n) is 14.5. The molecule has 0 bridgehead atoms. The quantitative estimate of drug-likeness (QED) is 0.254. The molecule has 0 aromatic heterocycles. The van der Waals surface area contributed by atoms with Crippen LogP contribution in [0.5, 0.6) is 5.75 Å². The Balaban J connectivity index is 1.26. The van der Waals surface area contributed by atoms with E-state index in [9.17, 15) is 41.9 Å². The van der Waals surface area contributed by atoms with E-state index in [1.54, 1.807) is 0 Å². The second-order valence-corrected chi connectivity index (χ2v) is 11.7. The Hall–Kier alpha value is -3.97. The summed E-state index contributed by atoms with van der Waals surface area (Å²) in [5, 5.41) is 8.02. The van der Waals surface area contributed by atoms with Crippen LogP contribution in [0.25, 0.3) is 0 Å². The smallest absolute Gasteiger partial charge is 0.454 e. The number of likely N-dealkylation sites (tertiary alicyclic amines) is 1. The average Bonchev–Trinajstić information content (AvgIpc) is 3.33. The van der Waals surface area contributed by atoms with E-state index in [1.807, 2.05) is 0 Å². The van der Waals surface area contributed by atoms with Crippen LogP contribution >= 0.6 is 0 Å². The van der Waals surface area contributed by atoms with Crippen LogP contribution in [0, 0.1) is 17.8 Å². The average molecular weight is 607 g/mol. The molecule has 2 aliphatic heterocycles. The van der Waals surface area contributed by atoms with Crippen LogP contribution in [0.2, 0.25) is 0 Å².